The first-order chi connectivity index (χ1) is 8.58. The summed E-state index contributed by atoms with van der Waals surface area (Å²) < 4.78 is 4.79. The number of aromatic nitrogens is 1. The minimum Gasteiger partial charge on any atom is -0.478 e. The Morgan fingerprint density at radius 2 is 2.06 bits per heavy atom. The molecule has 1 heterocycles. The van der Waals surface area contributed by atoms with Crippen molar-refractivity contribution in [1.82, 2.24) is 5.16 Å². The number of nitrogens with one attached hydrogen (secondary N) is 1. The van der Waals surface area contributed by atoms with Gasteiger partial charge < -0.3 is 14.9 Å². The van der Waals surface area contributed by atoms with Gasteiger partial charge in [0.2, 0.25) is 5.76 Å². The molecule has 1 aromatic heterocycles. The van der Waals surface area contributed by atoms with E-state index in [4.69, 9.17) is 9.63 Å². The van der Waals surface area contributed by atoms with Gasteiger partial charge in [0.05, 0.1) is 16.9 Å². The van der Waals surface area contributed by atoms with Crippen molar-refractivity contribution in [2.75, 3.05) is 5.32 Å². The Bertz CT molecular complexity index is 604. The molecule has 6 nitrogen and oxygen atoms in total. The van der Waals surface area contributed by atoms with E-state index >= 15 is 0 Å². The molecule has 2 aromatic rings. The summed E-state index contributed by atoms with van der Waals surface area (Å²) in [5.74, 6) is -1.61. The van der Waals surface area contributed by atoms with Crippen molar-refractivity contribution in [2.45, 2.75) is 6.92 Å². The second kappa shape index (κ2) is 4.70. The average molecular weight is 246 g/mol. The number of rotatable bonds is 3. The molecule has 0 saturated heterocycles. The predicted octanol–water partition coefficient (Wildman–Crippen LogP) is 1.93. The van der Waals surface area contributed by atoms with Crippen LogP contribution in [0.5, 0.6) is 0 Å². The highest BCUT2D eigenvalue weighted by atomic mass is 16.5. The van der Waals surface area contributed by atoms with Gasteiger partial charge in [-0.25, -0.2) is 4.79 Å². The molecule has 0 unspecified atom stereocenters. The highest BCUT2D eigenvalue weighted by Gasteiger charge is 2.15. The summed E-state index contributed by atoms with van der Waals surface area (Å²) in [5.41, 5.74) is 0.804. The van der Waals surface area contributed by atoms with Crippen LogP contribution >= 0.6 is 0 Å². The average Bonchev–Trinajstić information content (AvgIpc) is 2.76. The van der Waals surface area contributed by atoms with E-state index in [1.54, 1.807) is 19.1 Å². The number of carboxylic acids is 1. The molecule has 0 fully saturated rings. The van der Waals surface area contributed by atoms with Crippen LogP contribution in [0.4, 0.5) is 5.69 Å². The van der Waals surface area contributed by atoms with Crippen LogP contribution in [0.2, 0.25) is 0 Å². The van der Waals surface area contributed by atoms with Crippen molar-refractivity contribution in [3.8, 4) is 0 Å². The van der Waals surface area contributed by atoms with Gasteiger partial charge in [-0.1, -0.05) is 17.3 Å². The highest BCUT2D eigenvalue weighted by Crippen LogP contribution is 2.16. The van der Waals surface area contributed by atoms with Gasteiger partial charge in [-0.2, -0.15) is 0 Å². The van der Waals surface area contributed by atoms with E-state index in [0.29, 0.717) is 5.69 Å². The van der Waals surface area contributed by atoms with Crippen LogP contribution in [0.3, 0.4) is 0 Å². The lowest BCUT2D eigenvalue weighted by Crippen LogP contribution is -2.14. The minimum absolute atomic E-state index is 0.0158. The molecule has 2 N–H and O–H groups in total. The predicted molar refractivity (Wildman–Crippen MR) is 62.6 cm³/mol. The molecular formula is C12H10N2O4. The first kappa shape index (κ1) is 11.8. The van der Waals surface area contributed by atoms with E-state index in [9.17, 15) is 9.59 Å². The van der Waals surface area contributed by atoms with Crippen LogP contribution in [0.1, 0.15) is 26.6 Å². The second-order valence-electron chi connectivity index (χ2n) is 3.64. The van der Waals surface area contributed by atoms with Crippen LogP contribution in [0.15, 0.2) is 34.9 Å². The Kier molecular flexibility index (Phi) is 3.09. The van der Waals surface area contributed by atoms with E-state index in [-0.39, 0.29) is 17.0 Å². The monoisotopic (exact) mass is 246 g/mol. The summed E-state index contributed by atoms with van der Waals surface area (Å²) in [7, 11) is 0. The fourth-order valence-electron chi connectivity index (χ4n) is 1.43. The van der Waals surface area contributed by atoms with Gasteiger partial charge in [-0.15, -0.1) is 0 Å². The van der Waals surface area contributed by atoms with Gasteiger partial charge in [0.1, 0.15) is 0 Å². The normalized spacial score (nSPS) is 10.1. The minimum atomic E-state index is -1.11. The number of aryl methyl sites for hydroxylation is 1. The number of amides is 1. The number of carboxylic acid groups (broad SMARTS) is 1. The molecular weight excluding hydrogens is 236 g/mol. The van der Waals surface area contributed by atoms with Crippen molar-refractivity contribution in [3.63, 3.8) is 0 Å². The van der Waals surface area contributed by atoms with Crippen molar-refractivity contribution >= 4 is 17.6 Å². The molecule has 0 saturated carbocycles. The largest absolute Gasteiger partial charge is 0.478 e. The maximum absolute atomic E-state index is 11.8. The lowest BCUT2D eigenvalue weighted by molar-refractivity contribution is 0.0698. The summed E-state index contributed by atoms with van der Waals surface area (Å²) in [5, 5.41) is 15.0. The first-order valence-electron chi connectivity index (χ1n) is 5.15. The fraction of sp³-hybridized carbons (Fsp3) is 0.0833. The van der Waals surface area contributed by atoms with Gasteiger partial charge in [-0.3, -0.25) is 4.79 Å². The van der Waals surface area contributed by atoms with Crippen LogP contribution in [0.25, 0.3) is 0 Å². The third-order valence-corrected chi connectivity index (χ3v) is 2.26. The molecule has 0 aliphatic rings. The van der Waals surface area contributed by atoms with Crippen LogP contribution in [-0.4, -0.2) is 22.1 Å². The molecule has 18 heavy (non-hydrogen) atoms. The molecule has 0 aliphatic heterocycles. The quantitative estimate of drug-likeness (QED) is 0.863. The number of hydrogen-bond acceptors (Lipinski definition) is 4. The Balaban J connectivity index is 2.24. The molecule has 1 aromatic carbocycles. The molecule has 0 bridgehead atoms. The number of anilines is 1. The maximum atomic E-state index is 11.8. The van der Waals surface area contributed by atoms with Crippen molar-refractivity contribution in [3.05, 3.63) is 47.3 Å². The molecule has 2 rings (SSSR count). The topological polar surface area (TPSA) is 92.4 Å². The van der Waals surface area contributed by atoms with E-state index in [1.165, 1.54) is 18.2 Å². The van der Waals surface area contributed by atoms with Gasteiger partial charge in [0, 0.05) is 6.07 Å². The number of nitrogens with zero attached hydrogens (tertiary/aromatic N) is 1. The third kappa shape index (κ3) is 2.37. The molecule has 0 aliphatic carbocycles. The molecule has 1 amide bonds. The lowest BCUT2D eigenvalue weighted by atomic mass is 10.2. The Hall–Kier alpha value is -2.63. The zero-order valence-electron chi connectivity index (χ0n) is 9.51. The van der Waals surface area contributed by atoms with E-state index in [1.807, 2.05) is 0 Å². The Labute approximate surface area is 102 Å². The molecule has 0 radical (unpaired) electrons. The van der Waals surface area contributed by atoms with Gasteiger partial charge >= 0.3 is 5.97 Å². The summed E-state index contributed by atoms with van der Waals surface area (Å²) in [6.45, 7) is 1.69. The number of benzene rings is 1. The van der Waals surface area contributed by atoms with E-state index in [2.05, 4.69) is 10.5 Å². The number of hydrogen-bond donors (Lipinski definition) is 2. The van der Waals surface area contributed by atoms with Crippen LogP contribution in [0, 0.1) is 6.92 Å². The van der Waals surface area contributed by atoms with Crippen LogP contribution in [-0.2, 0) is 0 Å². The number of para-hydroxylation sites is 1. The SMILES string of the molecule is Cc1cc(C(=O)Nc2ccccc2C(=O)O)on1. The Morgan fingerprint density at radius 3 is 2.67 bits per heavy atom. The molecule has 92 valence electrons. The van der Waals surface area contributed by atoms with Crippen molar-refractivity contribution < 1.29 is 19.2 Å². The lowest BCUT2D eigenvalue weighted by Gasteiger charge is -2.05. The van der Waals surface area contributed by atoms with Crippen molar-refractivity contribution in [1.29, 1.82) is 0 Å². The van der Waals surface area contributed by atoms with Gasteiger partial charge in [0.15, 0.2) is 0 Å². The summed E-state index contributed by atoms with van der Waals surface area (Å²) in [4.78, 5) is 22.7. The van der Waals surface area contributed by atoms with Gasteiger partial charge in [-0.05, 0) is 19.1 Å². The number of aromatic carboxylic acids is 1. The number of carbonyl (C=O) groups excluding carboxylic acids is 1. The summed E-state index contributed by atoms with van der Waals surface area (Å²) in [6, 6.07) is 7.60. The maximum Gasteiger partial charge on any atom is 0.337 e. The molecule has 0 atom stereocenters. The number of carbonyl (C=O) groups is 2. The van der Waals surface area contributed by atoms with E-state index in [0.717, 1.165) is 0 Å². The highest BCUT2D eigenvalue weighted by molar-refractivity contribution is 6.06. The zero-order valence-corrected chi connectivity index (χ0v) is 9.51. The van der Waals surface area contributed by atoms with Gasteiger partial charge in [0.25, 0.3) is 5.91 Å². The standard InChI is InChI=1S/C12H10N2O4/c1-7-6-10(18-14-7)11(15)13-9-5-3-2-4-8(9)12(16)17/h2-6H,1H3,(H,13,15)(H,16,17). The first-order valence-corrected chi connectivity index (χ1v) is 5.15. The van der Waals surface area contributed by atoms with Crippen LogP contribution < -0.4 is 5.32 Å². The summed E-state index contributed by atoms with van der Waals surface area (Å²) >= 11 is 0. The third-order valence-electron chi connectivity index (χ3n) is 2.26. The fourth-order valence-corrected chi connectivity index (χ4v) is 1.43. The second-order valence-corrected chi connectivity index (χ2v) is 3.64. The smallest absolute Gasteiger partial charge is 0.337 e. The molecule has 6 heteroatoms. The van der Waals surface area contributed by atoms with Crippen molar-refractivity contribution in [2.24, 2.45) is 0 Å². The van der Waals surface area contributed by atoms with E-state index < -0.39 is 11.9 Å². The molecule has 0 spiro atoms. The summed E-state index contributed by atoms with van der Waals surface area (Å²) in [6.07, 6.45) is 0. The zero-order chi connectivity index (χ0) is 13.1. The Morgan fingerprint density at radius 1 is 1.33 bits per heavy atom.